The first kappa shape index (κ1) is 27.3. The molecule has 6 nitrogen and oxygen atoms in total. The quantitative estimate of drug-likeness (QED) is 0.298. The number of likely N-dealkylation sites (N-methyl/N-ethyl adjacent to an activating group) is 1. The van der Waals surface area contributed by atoms with Crippen LogP contribution in [0.5, 0.6) is 5.75 Å². The normalized spacial score (nSPS) is 12.2. The van der Waals surface area contributed by atoms with Crippen LogP contribution in [0.4, 0.5) is 5.69 Å². The zero-order chi connectivity index (χ0) is 25.8. The molecule has 3 rings (SSSR count). The molecule has 3 aromatic rings. The topological polar surface area (TPSA) is 75.7 Å². The highest BCUT2D eigenvalue weighted by atomic mass is 79.9. The van der Waals surface area contributed by atoms with E-state index >= 15 is 0 Å². The van der Waals surface area contributed by atoms with Crippen molar-refractivity contribution >= 4 is 60.7 Å². The summed E-state index contributed by atoms with van der Waals surface area (Å²) in [6, 6.07) is 16.5. The molecule has 0 saturated heterocycles. The fourth-order valence-corrected chi connectivity index (χ4v) is 5.74. The number of nitrogens with one attached hydrogen (secondary N) is 1. The summed E-state index contributed by atoms with van der Waals surface area (Å²) in [5, 5.41) is 0.502. The van der Waals surface area contributed by atoms with Gasteiger partial charge in [-0.2, -0.15) is 0 Å². The maximum Gasteiger partial charge on any atom is 0.265 e. The van der Waals surface area contributed by atoms with Gasteiger partial charge in [-0.3, -0.25) is 9.52 Å². The van der Waals surface area contributed by atoms with Crippen molar-refractivity contribution in [2.45, 2.75) is 30.7 Å². The van der Waals surface area contributed by atoms with Gasteiger partial charge in [0.05, 0.1) is 17.8 Å². The van der Waals surface area contributed by atoms with Crippen molar-refractivity contribution in [2.75, 3.05) is 18.9 Å². The number of hydrogen-bond acceptors (Lipinski definition) is 4. The summed E-state index contributed by atoms with van der Waals surface area (Å²) in [6.45, 7) is 2.01. The van der Waals surface area contributed by atoms with E-state index in [0.29, 0.717) is 11.4 Å². The van der Waals surface area contributed by atoms with Gasteiger partial charge in [-0.1, -0.05) is 64.3 Å². The number of ether oxygens (including phenoxy) is 1. The monoisotopic (exact) mass is 598 g/mol. The zero-order valence-corrected chi connectivity index (χ0v) is 23.3. The van der Waals surface area contributed by atoms with E-state index in [2.05, 4.69) is 20.7 Å². The molecule has 1 atom stereocenters. The SMILES string of the molecule is CCC(Cc1ccccc1Br)N(C)C(=O)c1ccc(OC)c(S(=O)(=O)Nc2cc(Cl)ccc2Cl)c1. The van der Waals surface area contributed by atoms with E-state index in [4.69, 9.17) is 27.9 Å². The van der Waals surface area contributed by atoms with Gasteiger partial charge in [0.15, 0.2) is 0 Å². The molecule has 0 bridgehead atoms. The maximum atomic E-state index is 13.4. The van der Waals surface area contributed by atoms with Gasteiger partial charge >= 0.3 is 0 Å². The van der Waals surface area contributed by atoms with Gasteiger partial charge in [-0.15, -0.1) is 0 Å². The highest BCUT2D eigenvalue weighted by Crippen LogP contribution is 2.32. The maximum absolute atomic E-state index is 13.4. The summed E-state index contributed by atoms with van der Waals surface area (Å²) >= 11 is 15.7. The average molecular weight is 600 g/mol. The van der Waals surface area contributed by atoms with Crippen LogP contribution in [0.1, 0.15) is 29.3 Å². The smallest absolute Gasteiger partial charge is 0.265 e. The fraction of sp³-hybridized carbons (Fsp3) is 0.240. The minimum atomic E-state index is -4.15. The summed E-state index contributed by atoms with van der Waals surface area (Å²) in [7, 11) is -1.07. The van der Waals surface area contributed by atoms with Crippen LogP contribution in [-0.2, 0) is 16.4 Å². The molecule has 186 valence electrons. The zero-order valence-electron chi connectivity index (χ0n) is 19.4. The Kier molecular flexibility index (Phi) is 9.10. The predicted octanol–water partition coefficient (Wildman–Crippen LogP) is 6.66. The third-order valence-corrected chi connectivity index (χ3v) is 8.35. The molecule has 0 radical (unpaired) electrons. The molecular formula is C25H25BrCl2N2O4S. The molecule has 0 spiro atoms. The van der Waals surface area contributed by atoms with E-state index in [1.807, 2.05) is 31.2 Å². The highest BCUT2D eigenvalue weighted by Gasteiger charge is 2.26. The van der Waals surface area contributed by atoms with Gasteiger partial charge in [0.1, 0.15) is 10.6 Å². The van der Waals surface area contributed by atoms with Gasteiger partial charge < -0.3 is 9.64 Å². The third kappa shape index (κ3) is 6.50. The molecule has 0 heterocycles. The molecule has 0 fully saturated rings. The average Bonchev–Trinajstić information content (AvgIpc) is 2.84. The summed E-state index contributed by atoms with van der Waals surface area (Å²) < 4.78 is 35.1. The number of amides is 1. The number of hydrogen-bond donors (Lipinski definition) is 1. The van der Waals surface area contributed by atoms with Gasteiger partial charge in [0.25, 0.3) is 15.9 Å². The second-order valence-corrected chi connectivity index (χ2v) is 11.2. The first-order chi connectivity index (χ1) is 16.6. The molecule has 0 saturated carbocycles. The van der Waals surface area contributed by atoms with Gasteiger partial charge in [-0.05, 0) is 60.9 Å². The van der Waals surface area contributed by atoms with Crippen molar-refractivity contribution < 1.29 is 17.9 Å². The number of anilines is 1. The molecule has 0 aliphatic heterocycles. The molecular weight excluding hydrogens is 575 g/mol. The minimum Gasteiger partial charge on any atom is -0.495 e. The summed E-state index contributed by atoms with van der Waals surface area (Å²) in [4.78, 5) is 14.8. The minimum absolute atomic E-state index is 0.0910. The first-order valence-electron chi connectivity index (χ1n) is 10.7. The lowest BCUT2D eigenvalue weighted by Crippen LogP contribution is -2.38. The number of carbonyl (C=O) groups excluding carboxylic acids is 1. The Morgan fingerprint density at radius 3 is 2.49 bits per heavy atom. The Balaban J connectivity index is 1.92. The predicted molar refractivity (Wildman–Crippen MR) is 144 cm³/mol. The lowest BCUT2D eigenvalue weighted by atomic mass is 10.0. The first-order valence-corrected chi connectivity index (χ1v) is 13.8. The Morgan fingerprint density at radius 1 is 1.11 bits per heavy atom. The van der Waals surface area contributed by atoms with Crippen molar-refractivity contribution in [3.05, 3.63) is 86.3 Å². The fourth-order valence-electron chi connectivity index (χ4n) is 3.64. The Morgan fingerprint density at radius 2 is 1.83 bits per heavy atom. The van der Waals surface area contributed by atoms with E-state index in [-0.39, 0.29) is 38.9 Å². The van der Waals surface area contributed by atoms with E-state index in [0.717, 1.165) is 16.5 Å². The largest absolute Gasteiger partial charge is 0.495 e. The standard InChI is InChI=1S/C25H25BrCl2N2O4S/c1-4-19(13-16-7-5-6-8-20(16)26)30(2)25(31)17-9-12-23(34-3)24(14-17)35(32,33)29-22-15-18(27)10-11-21(22)28/h5-12,14-15,19,29H,4,13H2,1-3H3. The number of halogens is 3. The van der Waals surface area contributed by atoms with Crippen LogP contribution in [0.2, 0.25) is 10.0 Å². The lowest BCUT2D eigenvalue weighted by molar-refractivity contribution is 0.0726. The van der Waals surface area contributed by atoms with Crippen LogP contribution in [0.15, 0.2) is 70.0 Å². The molecule has 1 N–H and O–H groups in total. The van der Waals surface area contributed by atoms with Crippen LogP contribution in [0.3, 0.4) is 0 Å². The number of sulfonamides is 1. The Labute approximate surface area is 224 Å². The molecule has 1 amide bonds. The van der Waals surface area contributed by atoms with Crippen molar-refractivity contribution in [3.8, 4) is 5.75 Å². The summed E-state index contributed by atoms with van der Waals surface area (Å²) in [5.41, 5.74) is 1.42. The van der Waals surface area contributed by atoms with E-state index < -0.39 is 10.0 Å². The molecule has 10 heteroatoms. The van der Waals surface area contributed by atoms with Crippen LogP contribution in [-0.4, -0.2) is 39.4 Å². The van der Waals surface area contributed by atoms with Gasteiger partial charge in [-0.25, -0.2) is 8.42 Å². The highest BCUT2D eigenvalue weighted by molar-refractivity contribution is 9.10. The molecule has 0 aromatic heterocycles. The summed E-state index contributed by atoms with van der Waals surface area (Å²) in [6.07, 6.45) is 1.37. The van der Waals surface area contributed by atoms with Gasteiger partial charge in [0.2, 0.25) is 0 Å². The van der Waals surface area contributed by atoms with Gasteiger partial charge in [0, 0.05) is 28.1 Å². The van der Waals surface area contributed by atoms with Crippen LogP contribution in [0, 0.1) is 0 Å². The number of benzene rings is 3. The lowest BCUT2D eigenvalue weighted by Gasteiger charge is -2.28. The molecule has 35 heavy (non-hydrogen) atoms. The van der Waals surface area contributed by atoms with Crippen molar-refractivity contribution in [3.63, 3.8) is 0 Å². The van der Waals surface area contributed by atoms with Crippen LogP contribution >= 0.6 is 39.1 Å². The Hall–Kier alpha value is -2.26. The molecule has 0 aliphatic carbocycles. The van der Waals surface area contributed by atoms with Crippen LogP contribution < -0.4 is 9.46 Å². The molecule has 3 aromatic carbocycles. The van der Waals surface area contributed by atoms with E-state index in [9.17, 15) is 13.2 Å². The number of methoxy groups -OCH3 is 1. The second-order valence-electron chi connectivity index (χ2n) is 7.87. The number of nitrogens with zero attached hydrogens (tertiary/aromatic N) is 1. The van der Waals surface area contributed by atoms with E-state index in [1.165, 1.54) is 31.4 Å². The van der Waals surface area contributed by atoms with Crippen molar-refractivity contribution in [2.24, 2.45) is 0 Å². The van der Waals surface area contributed by atoms with E-state index in [1.54, 1.807) is 24.1 Å². The molecule has 1 unspecified atom stereocenters. The Bertz CT molecular complexity index is 1330. The number of carbonyl (C=O) groups is 1. The van der Waals surface area contributed by atoms with Crippen molar-refractivity contribution in [1.29, 1.82) is 0 Å². The van der Waals surface area contributed by atoms with Crippen molar-refractivity contribution in [1.82, 2.24) is 4.90 Å². The summed E-state index contributed by atoms with van der Waals surface area (Å²) in [5.74, 6) is -0.209. The van der Waals surface area contributed by atoms with Crippen LogP contribution in [0.25, 0.3) is 0 Å². The second kappa shape index (κ2) is 11.6. The molecule has 0 aliphatic rings. The third-order valence-electron chi connectivity index (χ3n) is 5.63. The number of rotatable bonds is 9.